The Kier molecular flexibility index (Phi) is 5.61. The molecule has 32 heavy (non-hydrogen) atoms. The van der Waals surface area contributed by atoms with Crippen LogP contribution in [0.4, 0.5) is 17.1 Å². The van der Waals surface area contributed by atoms with Gasteiger partial charge in [-0.15, -0.1) is 0 Å². The number of rotatable bonds is 3. The van der Waals surface area contributed by atoms with Crippen LogP contribution in [0.1, 0.15) is 52.1 Å². The quantitative estimate of drug-likeness (QED) is 0.692. The van der Waals surface area contributed by atoms with E-state index in [9.17, 15) is 9.59 Å². The molecule has 1 N–H and O–H groups in total. The summed E-state index contributed by atoms with van der Waals surface area (Å²) in [5.74, 6) is -0.0870. The van der Waals surface area contributed by atoms with Gasteiger partial charge in [0, 0.05) is 43.4 Å². The van der Waals surface area contributed by atoms with Crippen LogP contribution in [0.5, 0.6) is 0 Å². The fourth-order valence-corrected chi connectivity index (χ4v) is 4.78. The molecular formula is C27H33N3O2. The number of ketones is 1. The zero-order valence-corrected chi connectivity index (χ0v) is 19.9. The van der Waals surface area contributed by atoms with Crippen molar-refractivity contribution in [2.75, 3.05) is 29.2 Å². The summed E-state index contributed by atoms with van der Waals surface area (Å²) in [5, 5.41) is 3.56. The summed E-state index contributed by atoms with van der Waals surface area (Å²) in [6, 6.07) is 15.6. The molecule has 0 spiro atoms. The second-order valence-electron chi connectivity index (χ2n) is 10.2. The van der Waals surface area contributed by atoms with Crippen molar-refractivity contribution in [1.82, 2.24) is 0 Å². The van der Waals surface area contributed by atoms with Crippen LogP contribution in [0.15, 0.2) is 59.8 Å². The van der Waals surface area contributed by atoms with Crippen molar-refractivity contribution in [3.8, 4) is 0 Å². The predicted octanol–water partition coefficient (Wildman–Crippen LogP) is 5.55. The number of fused-ring (bicyclic) bond motifs is 1. The molecule has 2 aromatic carbocycles. The Morgan fingerprint density at radius 1 is 1.06 bits per heavy atom. The lowest BCUT2D eigenvalue weighted by atomic mass is 9.73. The lowest BCUT2D eigenvalue weighted by Crippen LogP contribution is -2.41. The maximum absolute atomic E-state index is 13.6. The monoisotopic (exact) mass is 431 g/mol. The smallest absolute Gasteiger partial charge is 0.230 e. The highest BCUT2D eigenvalue weighted by atomic mass is 16.2. The number of allylic oxidation sites excluding steroid dienone is 1. The lowest BCUT2D eigenvalue weighted by Gasteiger charge is -2.37. The van der Waals surface area contributed by atoms with Crippen LogP contribution in [0, 0.1) is 11.3 Å². The van der Waals surface area contributed by atoms with Gasteiger partial charge < -0.3 is 10.2 Å². The Morgan fingerprint density at radius 2 is 1.72 bits per heavy atom. The van der Waals surface area contributed by atoms with Crippen LogP contribution in [0.25, 0.3) is 0 Å². The molecule has 1 heterocycles. The van der Waals surface area contributed by atoms with Gasteiger partial charge in [-0.05, 0) is 41.7 Å². The minimum absolute atomic E-state index is 0.00678. The topological polar surface area (TPSA) is 52.7 Å². The van der Waals surface area contributed by atoms with E-state index < -0.39 is 6.04 Å². The number of Topliss-reactive ketones (excluding diaryl/α,β-unsaturated/α-hetero) is 1. The number of hydrogen-bond donors (Lipinski definition) is 1. The summed E-state index contributed by atoms with van der Waals surface area (Å²) in [5.41, 5.74) is 5.22. The molecule has 4 rings (SSSR count). The molecule has 0 bridgehead atoms. The van der Waals surface area contributed by atoms with Gasteiger partial charge in [0.1, 0.15) is 0 Å². The first-order valence-electron chi connectivity index (χ1n) is 11.3. The van der Waals surface area contributed by atoms with Gasteiger partial charge in [0.05, 0.1) is 17.4 Å². The lowest BCUT2D eigenvalue weighted by molar-refractivity contribution is -0.122. The molecule has 5 heteroatoms. The van der Waals surface area contributed by atoms with Crippen molar-refractivity contribution in [2.24, 2.45) is 11.3 Å². The molecule has 1 amide bonds. The Labute approximate surface area is 191 Å². The number of carbonyl (C=O) groups excluding carboxylic acids is 2. The molecule has 0 fully saturated rings. The third-order valence-corrected chi connectivity index (χ3v) is 6.36. The first kappa shape index (κ1) is 22.1. The molecule has 0 radical (unpaired) electrons. The van der Waals surface area contributed by atoms with Gasteiger partial charge >= 0.3 is 0 Å². The van der Waals surface area contributed by atoms with E-state index >= 15 is 0 Å². The highest BCUT2D eigenvalue weighted by Gasteiger charge is 2.43. The van der Waals surface area contributed by atoms with E-state index in [0.29, 0.717) is 12.0 Å². The van der Waals surface area contributed by atoms with Crippen molar-refractivity contribution >= 4 is 28.8 Å². The molecular weight excluding hydrogens is 398 g/mol. The third kappa shape index (κ3) is 3.92. The average molecular weight is 432 g/mol. The summed E-state index contributed by atoms with van der Waals surface area (Å²) in [4.78, 5) is 31.1. The summed E-state index contributed by atoms with van der Waals surface area (Å²) < 4.78 is 0. The van der Waals surface area contributed by atoms with E-state index in [2.05, 4.69) is 31.3 Å². The van der Waals surface area contributed by atoms with Crippen molar-refractivity contribution in [1.29, 1.82) is 0 Å². The van der Waals surface area contributed by atoms with Crippen LogP contribution in [0.2, 0.25) is 0 Å². The second kappa shape index (κ2) is 8.12. The minimum Gasteiger partial charge on any atom is -0.378 e. The van der Waals surface area contributed by atoms with Crippen LogP contribution in [-0.2, 0) is 9.59 Å². The first-order chi connectivity index (χ1) is 15.1. The van der Waals surface area contributed by atoms with E-state index in [1.54, 1.807) is 0 Å². The molecule has 0 aromatic heterocycles. The van der Waals surface area contributed by atoms with Gasteiger partial charge in [-0.2, -0.15) is 0 Å². The summed E-state index contributed by atoms with van der Waals surface area (Å²) in [6.45, 7) is 8.09. The number of amides is 1. The molecule has 1 aliphatic heterocycles. The average Bonchev–Trinajstić information content (AvgIpc) is 2.86. The van der Waals surface area contributed by atoms with Gasteiger partial charge in [-0.3, -0.25) is 14.5 Å². The van der Waals surface area contributed by atoms with E-state index in [-0.39, 0.29) is 23.0 Å². The van der Waals surface area contributed by atoms with Crippen LogP contribution in [-0.4, -0.2) is 25.8 Å². The Hall–Kier alpha value is -3.08. The standard InChI is InChI=1S/C27H33N3O2/c1-17(2)26(32)30-22-10-8-7-9-20(22)28-21-15-27(3,4)16-23(31)24(21)25(30)18-11-13-19(14-12-18)29(5)6/h7-14,17,25,28H,15-16H2,1-6H3/t25-/m0/s1. The van der Waals surface area contributed by atoms with Gasteiger partial charge in [-0.25, -0.2) is 0 Å². The van der Waals surface area contributed by atoms with Gasteiger partial charge in [0.2, 0.25) is 5.91 Å². The second-order valence-corrected chi connectivity index (χ2v) is 10.2. The molecule has 5 nitrogen and oxygen atoms in total. The van der Waals surface area contributed by atoms with Crippen molar-refractivity contribution < 1.29 is 9.59 Å². The van der Waals surface area contributed by atoms with Crippen molar-refractivity contribution in [3.63, 3.8) is 0 Å². The summed E-state index contributed by atoms with van der Waals surface area (Å²) in [7, 11) is 4.01. The highest BCUT2D eigenvalue weighted by Crippen LogP contribution is 2.48. The largest absolute Gasteiger partial charge is 0.378 e. The summed E-state index contributed by atoms with van der Waals surface area (Å²) >= 11 is 0. The van der Waals surface area contributed by atoms with Crippen LogP contribution < -0.4 is 15.1 Å². The maximum Gasteiger partial charge on any atom is 0.230 e. The normalized spacial score (nSPS) is 19.8. The maximum atomic E-state index is 13.6. The molecule has 0 unspecified atom stereocenters. The number of benzene rings is 2. The predicted molar refractivity (Wildman–Crippen MR) is 131 cm³/mol. The van der Waals surface area contributed by atoms with Gasteiger partial charge in [0.15, 0.2) is 5.78 Å². The third-order valence-electron chi connectivity index (χ3n) is 6.36. The highest BCUT2D eigenvalue weighted by molar-refractivity contribution is 6.06. The number of anilines is 3. The molecule has 1 atom stereocenters. The zero-order chi connectivity index (χ0) is 23.2. The number of nitrogens with zero attached hydrogens (tertiary/aromatic N) is 2. The molecule has 2 aliphatic rings. The molecule has 2 aromatic rings. The Balaban J connectivity index is 1.99. The van der Waals surface area contributed by atoms with Gasteiger partial charge in [-0.1, -0.05) is 52.0 Å². The number of nitrogens with one attached hydrogen (secondary N) is 1. The first-order valence-corrected chi connectivity index (χ1v) is 11.3. The van der Waals surface area contributed by atoms with Crippen molar-refractivity contribution in [2.45, 2.75) is 46.6 Å². The van der Waals surface area contributed by atoms with Crippen LogP contribution >= 0.6 is 0 Å². The fourth-order valence-electron chi connectivity index (χ4n) is 4.78. The van der Waals surface area contributed by atoms with E-state index in [4.69, 9.17) is 0 Å². The Morgan fingerprint density at radius 3 is 2.34 bits per heavy atom. The molecule has 0 saturated carbocycles. The zero-order valence-electron chi connectivity index (χ0n) is 19.9. The molecule has 0 saturated heterocycles. The SMILES string of the molecule is CC(C)C(=O)N1c2ccccc2NC2=C(C(=O)CC(C)(C)C2)[C@@H]1c1ccc(N(C)C)cc1. The molecule has 168 valence electrons. The number of carbonyl (C=O) groups is 2. The van der Waals surface area contributed by atoms with Gasteiger partial charge in [0.25, 0.3) is 0 Å². The number of hydrogen-bond acceptors (Lipinski definition) is 4. The Bertz CT molecular complexity index is 1080. The van der Waals surface area contributed by atoms with Crippen LogP contribution in [0.3, 0.4) is 0 Å². The summed E-state index contributed by atoms with van der Waals surface area (Å²) in [6.07, 6.45) is 1.23. The van der Waals surface area contributed by atoms with E-state index in [1.165, 1.54) is 0 Å². The minimum atomic E-state index is -0.462. The van der Waals surface area contributed by atoms with E-state index in [1.807, 2.05) is 74.1 Å². The number of para-hydroxylation sites is 2. The van der Waals surface area contributed by atoms with Crippen molar-refractivity contribution in [3.05, 3.63) is 65.4 Å². The van der Waals surface area contributed by atoms with E-state index in [0.717, 1.165) is 34.7 Å². The molecule has 1 aliphatic carbocycles. The fraction of sp³-hybridized carbons (Fsp3) is 0.407.